The molecule has 4 nitrogen and oxygen atoms in total. The maximum absolute atomic E-state index is 13.1. The second-order valence-electron chi connectivity index (χ2n) is 6.73. The van der Waals surface area contributed by atoms with E-state index in [1.165, 1.54) is 22.5 Å². The summed E-state index contributed by atoms with van der Waals surface area (Å²) in [6, 6.07) is 12.5. The van der Waals surface area contributed by atoms with Gasteiger partial charge in [0.05, 0.1) is 11.7 Å². The molecule has 1 amide bonds. The summed E-state index contributed by atoms with van der Waals surface area (Å²) in [5.74, 6) is 0.00561. The summed E-state index contributed by atoms with van der Waals surface area (Å²) >= 11 is 1.47. The third kappa shape index (κ3) is 3.31. The molecular weight excluding hydrogens is 342 g/mol. The van der Waals surface area contributed by atoms with Crippen molar-refractivity contribution in [2.75, 3.05) is 0 Å². The van der Waals surface area contributed by atoms with Crippen LogP contribution in [0.2, 0.25) is 0 Å². The van der Waals surface area contributed by atoms with Gasteiger partial charge in [0.1, 0.15) is 4.88 Å². The average Bonchev–Trinajstić information content (AvgIpc) is 3.32. The Morgan fingerprint density at radius 3 is 2.88 bits per heavy atom. The zero-order valence-corrected chi connectivity index (χ0v) is 15.8. The van der Waals surface area contributed by atoms with Gasteiger partial charge in [0.2, 0.25) is 0 Å². The predicted molar refractivity (Wildman–Crippen MR) is 105 cm³/mol. The van der Waals surface area contributed by atoms with Crippen molar-refractivity contribution in [2.24, 2.45) is 0 Å². The lowest BCUT2D eigenvalue weighted by Gasteiger charge is -2.26. The van der Waals surface area contributed by atoms with E-state index in [0.717, 1.165) is 47.8 Å². The van der Waals surface area contributed by atoms with Crippen molar-refractivity contribution in [2.45, 2.75) is 45.1 Å². The van der Waals surface area contributed by atoms with Gasteiger partial charge in [-0.1, -0.05) is 48.9 Å². The number of nitrogens with zero attached hydrogens (tertiary/aromatic N) is 2. The van der Waals surface area contributed by atoms with Gasteiger partial charge in [0.25, 0.3) is 5.91 Å². The monoisotopic (exact) mass is 365 g/mol. The number of hydrogen-bond donors (Lipinski definition) is 1. The molecular formula is C21H23N3OS. The number of rotatable bonds is 5. The number of hydrogen-bond acceptors (Lipinski definition) is 3. The van der Waals surface area contributed by atoms with Gasteiger partial charge in [0.15, 0.2) is 5.13 Å². The summed E-state index contributed by atoms with van der Waals surface area (Å²) in [5.41, 5.74) is 3.53. The normalized spacial score (nSPS) is 16.3. The molecule has 134 valence electrons. The number of aromatic nitrogens is 2. The fraction of sp³-hybridized carbons (Fsp3) is 0.333. The van der Waals surface area contributed by atoms with Crippen LogP contribution in [0.5, 0.6) is 0 Å². The van der Waals surface area contributed by atoms with Gasteiger partial charge in [-0.05, 0) is 48.9 Å². The molecule has 26 heavy (non-hydrogen) atoms. The standard InChI is InChI=1S/C21H23N3OS/c1-2-8-18-19(26-21(23-18)24-13-5-6-14-24)20(25)22-17-12-7-10-15-9-3-4-11-16(15)17/h3-6,9,11,13-14,17H,2,7-8,10,12H2,1H3,(H,22,25)/t17-/m1/s1. The van der Waals surface area contributed by atoms with Gasteiger partial charge in [-0.15, -0.1) is 0 Å². The number of aryl methyl sites for hydroxylation is 2. The Balaban J connectivity index is 1.60. The maximum atomic E-state index is 13.1. The highest BCUT2D eigenvalue weighted by Crippen LogP contribution is 2.31. The van der Waals surface area contributed by atoms with Crippen molar-refractivity contribution in [1.29, 1.82) is 0 Å². The van der Waals surface area contributed by atoms with E-state index >= 15 is 0 Å². The molecule has 0 spiro atoms. The third-order valence-corrected chi connectivity index (χ3v) is 5.99. The van der Waals surface area contributed by atoms with E-state index in [2.05, 4.69) is 36.5 Å². The van der Waals surface area contributed by atoms with Crippen LogP contribution in [0.1, 0.15) is 58.7 Å². The van der Waals surface area contributed by atoms with E-state index in [-0.39, 0.29) is 11.9 Å². The molecule has 1 aliphatic carbocycles. The van der Waals surface area contributed by atoms with Crippen LogP contribution in [0.25, 0.3) is 5.13 Å². The zero-order chi connectivity index (χ0) is 17.9. The summed E-state index contributed by atoms with van der Waals surface area (Å²) in [6.07, 6.45) is 8.93. The fourth-order valence-electron chi connectivity index (χ4n) is 3.62. The Bertz CT molecular complexity index is 898. The summed E-state index contributed by atoms with van der Waals surface area (Å²) in [7, 11) is 0. The predicted octanol–water partition coefficient (Wildman–Crippen LogP) is 4.69. The number of fused-ring (bicyclic) bond motifs is 1. The van der Waals surface area contributed by atoms with Crippen molar-refractivity contribution in [3.63, 3.8) is 0 Å². The van der Waals surface area contributed by atoms with E-state index in [1.54, 1.807) is 0 Å². The summed E-state index contributed by atoms with van der Waals surface area (Å²) in [5, 5.41) is 4.13. The lowest BCUT2D eigenvalue weighted by atomic mass is 9.88. The van der Waals surface area contributed by atoms with E-state index in [0.29, 0.717) is 0 Å². The summed E-state index contributed by atoms with van der Waals surface area (Å²) < 4.78 is 1.97. The minimum absolute atomic E-state index is 0.00561. The average molecular weight is 366 g/mol. The van der Waals surface area contributed by atoms with Crippen LogP contribution >= 0.6 is 11.3 Å². The molecule has 4 rings (SSSR count). The molecule has 1 aromatic carbocycles. The van der Waals surface area contributed by atoms with Gasteiger partial charge >= 0.3 is 0 Å². The molecule has 0 bridgehead atoms. The molecule has 1 aliphatic rings. The summed E-state index contributed by atoms with van der Waals surface area (Å²) in [4.78, 5) is 18.5. The highest BCUT2D eigenvalue weighted by atomic mass is 32.1. The zero-order valence-electron chi connectivity index (χ0n) is 14.9. The Hall–Kier alpha value is -2.40. The number of amides is 1. The van der Waals surface area contributed by atoms with E-state index in [4.69, 9.17) is 4.98 Å². The SMILES string of the molecule is CCCc1nc(-n2cccc2)sc1C(=O)N[C@@H]1CCCc2ccccc21. The quantitative estimate of drug-likeness (QED) is 0.713. The first-order valence-electron chi connectivity index (χ1n) is 9.28. The largest absolute Gasteiger partial charge is 0.344 e. The van der Waals surface area contributed by atoms with Gasteiger partial charge in [0, 0.05) is 12.4 Å². The lowest BCUT2D eigenvalue weighted by Crippen LogP contribution is -2.31. The minimum Gasteiger partial charge on any atom is -0.344 e. The van der Waals surface area contributed by atoms with E-state index < -0.39 is 0 Å². The number of carbonyl (C=O) groups is 1. The molecule has 0 fully saturated rings. The van der Waals surface area contributed by atoms with Crippen LogP contribution in [0.3, 0.4) is 0 Å². The molecule has 3 aromatic rings. The van der Waals surface area contributed by atoms with Crippen LogP contribution in [-0.2, 0) is 12.8 Å². The second kappa shape index (κ2) is 7.46. The van der Waals surface area contributed by atoms with Gasteiger partial charge < -0.3 is 9.88 Å². The molecule has 1 atom stereocenters. The van der Waals surface area contributed by atoms with Crippen molar-refractivity contribution in [3.05, 3.63) is 70.5 Å². The number of carbonyl (C=O) groups excluding carboxylic acids is 1. The molecule has 2 heterocycles. The second-order valence-corrected chi connectivity index (χ2v) is 7.71. The Labute approximate surface area is 157 Å². The smallest absolute Gasteiger partial charge is 0.263 e. The molecule has 0 saturated carbocycles. The topological polar surface area (TPSA) is 46.9 Å². The molecule has 1 N–H and O–H groups in total. The molecule has 0 saturated heterocycles. The van der Waals surface area contributed by atoms with E-state index in [1.807, 2.05) is 29.1 Å². The van der Waals surface area contributed by atoms with Gasteiger partial charge in [-0.25, -0.2) is 4.98 Å². The Morgan fingerprint density at radius 2 is 2.08 bits per heavy atom. The first kappa shape index (κ1) is 17.0. The lowest BCUT2D eigenvalue weighted by molar-refractivity contribution is 0.0935. The maximum Gasteiger partial charge on any atom is 0.263 e. The highest BCUT2D eigenvalue weighted by molar-refractivity contribution is 7.16. The van der Waals surface area contributed by atoms with Crippen molar-refractivity contribution in [3.8, 4) is 5.13 Å². The Morgan fingerprint density at radius 1 is 1.27 bits per heavy atom. The first-order chi connectivity index (χ1) is 12.8. The van der Waals surface area contributed by atoms with Crippen molar-refractivity contribution < 1.29 is 4.79 Å². The highest BCUT2D eigenvalue weighted by Gasteiger charge is 2.25. The number of nitrogens with one attached hydrogen (secondary N) is 1. The van der Waals surface area contributed by atoms with Gasteiger partial charge in [-0.2, -0.15) is 0 Å². The first-order valence-corrected chi connectivity index (χ1v) is 10.1. The minimum atomic E-state index is 0.00561. The molecule has 0 aliphatic heterocycles. The van der Waals surface area contributed by atoms with E-state index in [9.17, 15) is 4.79 Å². The van der Waals surface area contributed by atoms with Crippen LogP contribution in [0, 0.1) is 0 Å². The molecule has 5 heteroatoms. The van der Waals surface area contributed by atoms with Crippen molar-refractivity contribution >= 4 is 17.2 Å². The molecule has 0 unspecified atom stereocenters. The van der Waals surface area contributed by atoms with Crippen LogP contribution in [0.4, 0.5) is 0 Å². The van der Waals surface area contributed by atoms with Gasteiger partial charge in [-0.3, -0.25) is 4.79 Å². The molecule has 2 aromatic heterocycles. The molecule has 0 radical (unpaired) electrons. The van der Waals surface area contributed by atoms with Crippen LogP contribution in [0.15, 0.2) is 48.8 Å². The van der Waals surface area contributed by atoms with Crippen molar-refractivity contribution in [1.82, 2.24) is 14.9 Å². The van der Waals surface area contributed by atoms with Crippen LogP contribution < -0.4 is 5.32 Å². The fourth-order valence-corrected chi connectivity index (χ4v) is 4.61. The Kier molecular flexibility index (Phi) is 4.89. The van der Waals surface area contributed by atoms with Crippen LogP contribution in [-0.4, -0.2) is 15.5 Å². The third-order valence-electron chi connectivity index (χ3n) is 4.88. The number of benzene rings is 1. The number of thiazole rings is 1. The summed E-state index contributed by atoms with van der Waals surface area (Å²) in [6.45, 7) is 2.12.